The quantitative estimate of drug-likeness (QED) is 0.262. The Morgan fingerprint density at radius 3 is 2.34 bits per heavy atom. The first-order chi connectivity index (χ1) is 17.1. The Labute approximate surface area is 200 Å². The molecule has 0 radical (unpaired) electrons. The lowest BCUT2D eigenvalue weighted by molar-refractivity contribution is -0.383. The van der Waals surface area contributed by atoms with E-state index < -0.39 is 16.5 Å². The summed E-state index contributed by atoms with van der Waals surface area (Å²) in [7, 11) is 0. The van der Waals surface area contributed by atoms with Crippen LogP contribution < -0.4 is 20.5 Å². The predicted octanol–water partition coefficient (Wildman–Crippen LogP) is 3.64. The summed E-state index contributed by atoms with van der Waals surface area (Å²) in [6.07, 6.45) is 2.77. The van der Waals surface area contributed by atoms with Crippen LogP contribution in [0.15, 0.2) is 91.4 Å². The molecule has 2 N–H and O–H groups in total. The minimum absolute atomic E-state index is 0.0184. The molecule has 2 aromatic carbocycles. The van der Waals surface area contributed by atoms with Crippen LogP contribution in [0.25, 0.3) is 0 Å². The Morgan fingerprint density at radius 2 is 1.66 bits per heavy atom. The average Bonchev–Trinajstić information content (AvgIpc) is 2.90. The highest BCUT2D eigenvalue weighted by molar-refractivity contribution is 5.81. The number of amides is 1. The smallest absolute Gasteiger partial charge is 0.355 e. The molecule has 0 spiro atoms. The lowest BCUT2D eigenvalue weighted by Crippen LogP contribution is -2.34. The van der Waals surface area contributed by atoms with E-state index in [1.54, 1.807) is 53.6 Å². The Bertz CT molecular complexity index is 1280. The van der Waals surface area contributed by atoms with E-state index in [-0.39, 0.29) is 24.8 Å². The maximum Gasteiger partial charge on any atom is 0.355 e. The first-order valence-electron chi connectivity index (χ1n) is 10.6. The van der Waals surface area contributed by atoms with Gasteiger partial charge in [-0.25, -0.2) is 15.0 Å². The van der Waals surface area contributed by atoms with Crippen molar-refractivity contribution in [3.63, 3.8) is 0 Å². The van der Waals surface area contributed by atoms with Crippen molar-refractivity contribution in [2.75, 3.05) is 16.9 Å². The summed E-state index contributed by atoms with van der Waals surface area (Å²) in [5.74, 6) is 0.273. The minimum atomic E-state index is -0.606. The third kappa shape index (κ3) is 6.05. The van der Waals surface area contributed by atoms with Gasteiger partial charge in [-0.05, 0) is 29.8 Å². The average molecular weight is 471 g/mol. The zero-order valence-corrected chi connectivity index (χ0v) is 18.4. The number of para-hydroxylation sites is 1. The zero-order chi connectivity index (χ0) is 24.5. The molecule has 11 nitrogen and oxygen atoms in total. The minimum Gasteiger partial charge on any atom is -0.484 e. The van der Waals surface area contributed by atoms with E-state index in [1.807, 2.05) is 36.4 Å². The van der Waals surface area contributed by atoms with E-state index in [0.717, 1.165) is 5.56 Å². The summed E-state index contributed by atoms with van der Waals surface area (Å²) in [6.45, 7) is -0.0246. The third-order valence-electron chi connectivity index (χ3n) is 4.78. The van der Waals surface area contributed by atoms with Crippen molar-refractivity contribution < 1.29 is 14.5 Å². The topological polar surface area (TPSA) is 135 Å². The first-order valence-corrected chi connectivity index (χ1v) is 10.6. The second kappa shape index (κ2) is 11.2. The van der Waals surface area contributed by atoms with Crippen molar-refractivity contribution in [1.82, 2.24) is 20.4 Å². The van der Waals surface area contributed by atoms with Gasteiger partial charge in [0.25, 0.3) is 5.91 Å². The number of carbonyl (C=O) groups is 1. The Hall–Kier alpha value is -5.06. The van der Waals surface area contributed by atoms with Crippen molar-refractivity contribution in [2.45, 2.75) is 6.54 Å². The molecule has 1 amide bonds. The molecule has 0 unspecified atom stereocenters. The Morgan fingerprint density at radius 1 is 0.943 bits per heavy atom. The summed E-state index contributed by atoms with van der Waals surface area (Å²) in [5, 5.41) is 12.1. The van der Waals surface area contributed by atoms with Gasteiger partial charge < -0.3 is 9.64 Å². The fourth-order valence-corrected chi connectivity index (χ4v) is 3.20. The van der Waals surface area contributed by atoms with Crippen LogP contribution >= 0.6 is 0 Å². The van der Waals surface area contributed by atoms with Crippen molar-refractivity contribution in [3.8, 4) is 5.75 Å². The van der Waals surface area contributed by atoms with Crippen molar-refractivity contribution >= 4 is 29.0 Å². The van der Waals surface area contributed by atoms with Crippen molar-refractivity contribution in [1.29, 1.82) is 0 Å². The molecule has 0 aliphatic heterocycles. The lowest BCUT2D eigenvalue weighted by atomic mass is 10.2. The molecule has 0 saturated heterocycles. The number of hydrogen-bond donors (Lipinski definition) is 2. The van der Waals surface area contributed by atoms with Gasteiger partial charge in [0.05, 0.1) is 11.5 Å². The predicted molar refractivity (Wildman–Crippen MR) is 129 cm³/mol. The van der Waals surface area contributed by atoms with Gasteiger partial charge >= 0.3 is 5.69 Å². The molecule has 0 bridgehead atoms. The molecule has 35 heavy (non-hydrogen) atoms. The van der Waals surface area contributed by atoms with Gasteiger partial charge in [-0.15, -0.1) is 0 Å². The number of nitro groups is 1. The number of hydrogen-bond acceptors (Lipinski definition) is 9. The van der Waals surface area contributed by atoms with Gasteiger partial charge in [-0.2, -0.15) is 0 Å². The Balaban J connectivity index is 1.58. The summed E-state index contributed by atoms with van der Waals surface area (Å²) in [5.41, 5.74) is 5.38. The number of ether oxygens (including phenoxy) is 1. The van der Waals surface area contributed by atoms with Crippen LogP contribution in [-0.2, 0) is 11.3 Å². The Kier molecular flexibility index (Phi) is 7.39. The van der Waals surface area contributed by atoms with Crippen LogP contribution in [-0.4, -0.2) is 32.4 Å². The molecule has 2 heterocycles. The van der Waals surface area contributed by atoms with Gasteiger partial charge in [-0.3, -0.25) is 25.8 Å². The van der Waals surface area contributed by atoms with Crippen molar-refractivity contribution in [2.24, 2.45) is 0 Å². The van der Waals surface area contributed by atoms with E-state index >= 15 is 0 Å². The number of nitrogens with one attached hydrogen (secondary N) is 2. The summed E-state index contributed by atoms with van der Waals surface area (Å²) < 4.78 is 5.38. The molecule has 0 atom stereocenters. The van der Waals surface area contributed by atoms with Crippen LogP contribution in [0.3, 0.4) is 0 Å². The van der Waals surface area contributed by atoms with Gasteiger partial charge in [0.15, 0.2) is 6.61 Å². The monoisotopic (exact) mass is 471 g/mol. The standard InChI is InChI=1S/C24H21N7O4/c32-21(16-35-19-11-5-2-6-12-19)28-29-23-22(31(33)34)24(27-17-26-23)30(20-13-7-8-14-25-20)15-18-9-3-1-4-10-18/h1-14,17H,15-16H2,(H,28,32)(H,26,27,29). The first kappa shape index (κ1) is 23.1. The highest BCUT2D eigenvalue weighted by Crippen LogP contribution is 2.35. The fourth-order valence-electron chi connectivity index (χ4n) is 3.20. The maximum absolute atomic E-state index is 12.2. The van der Waals surface area contributed by atoms with E-state index in [0.29, 0.717) is 11.6 Å². The number of rotatable bonds is 10. The number of anilines is 3. The van der Waals surface area contributed by atoms with E-state index in [2.05, 4.69) is 25.8 Å². The van der Waals surface area contributed by atoms with Gasteiger partial charge in [0, 0.05) is 6.20 Å². The second-order valence-electron chi connectivity index (χ2n) is 7.19. The number of pyridine rings is 1. The zero-order valence-electron chi connectivity index (χ0n) is 18.4. The molecule has 4 aromatic rings. The third-order valence-corrected chi connectivity index (χ3v) is 4.78. The van der Waals surface area contributed by atoms with Crippen LogP contribution in [0.2, 0.25) is 0 Å². The highest BCUT2D eigenvalue weighted by Gasteiger charge is 2.29. The van der Waals surface area contributed by atoms with Crippen LogP contribution in [0.1, 0.15) is 5.56 Å². The molecule has 4 rings (SSSR count). The van der Waals surface area contributed by atoms with Gasteiger partial charge in [0.1, 0.15) is 17.9 Å². The van der Waals surface area contributed by atoms with E-state index in [1.165, 1.54) is 6.33 Å². The molecular weight excluding hydrogens is 450 g/mol. The SMILES string of the molecule is O=C(COc1ccccc1)NNc1ncnc(N(Cc2ccccc2)c2ccccn2)c1[N+](=O)[O-]. The molecular formula is C24H21N7O4. The number of nitrogens with zero attached hydrogens (tertiary/aromatic N) is 5. The second-order valence-corrected chi connectivity index (χ2v) is 7.19. The van der Waals surface area contributed by atoms with E-state index in [4.69, 9.17) is 4.74 Å². The van der Waals surface area contributed by atoms with Gasteiger partial charge in [-0.1, -0.05) is 54.6 Å². The molecule has 0 fully saturated rings. The normalized spacial score (nSPS) is 10.3. The van der Waals surface area contributed by atoms with Crippen molar-refractivity contribution in [3.05, 3.63) is 107 Å². The summed E-state index contributed by atoms with van der Waals surface area (Å²) >= 11 is 0. The fraction of sp³-hybridized carbons (Fsp3) is 0.0833. The summed E-state index contributed by atoms with van der Waals surface area (Å²) in [4.78, 5) is 37.8. The number of benzene rings is 2. The maximum atomic E-state index is 12.2. The largest absolute Gasteiger partial charge is 0.484 e. The highest BCUT2D eigenvalue weighted by atomic mass is 16.6. The molecule has 0 saturated carbocycles. The number of carbonyl (C=O) groups excluding carboxylic acids is 1. The molecule has 2 aromatic heterocycles. The summed E-state index contributed by atoms with van der Waals surface area (Å²) in [6, 6.07) is 23.5. The number of hydrazine groups is 1. The molecule has 176 valence electrons. The lowest BCUT2D eigenvalue weighted by Gasteiger charge is -2.23. The molecule has 11 heteroatoms. The van der Waals surface area contributed by atoms with Crippen LogP contribution in [0.5, 0.6) is 5.75 Å². The van der Waals surface area contributed by atoms with Crippen LogP contribution in [0, 0.1) is 10.1 Å². The molecule has 0 aliphatic rings. The molecule has 0 aliphatic carbocycles. The van der Waals surface area contributed by atoms with Crippen LogP contribution in [0.4, 0.5) is 23.1 Å². The van der Waals surface area contributed by atoms with E-state index in [9.17, 15) is 14.9 Å². The van der Waals surface area contributed by atoms with Gasteiger partial charge in [0.2, 0.25) is 11.6 Å². The number of aromatic nitrogens is 3.